The van der Waals surface area contributed by atoms with Crippen LogP contribution < -0.4 is 10.5 Å². The van der Waals surface area contributed by atoms with Crippen molar-refractivity contribution in [3.63, 3.8) is 0 Å². The number of rotatable bonds is 4. The van der Waals surface area contributed by atoms with Crippen LogP contribution in [-0.2, 0) is 4.79 Å². The maximum atomic E-state index is 12.2. The number of nitrogens with two attached hydrogens (primary N) is 1. The molecule has 7 nitrogen and oxygen atoms in total. The molecule has 3 atom stereocenters. The van der Waals surface area contributed by atoms with Gasteiger partial charge in [0, 0.05) is 25.2 Å². The summed E-state index contributed by atoms with van der Waals surface area (Å²) in [4.78, 5) is 24.4. The summed E-state index contributed by atoms with van der Waals surface area (Å²) >= 11 is 0. The summed E-state index contributed by atoms with van der Waals surface area (Å²) in [5.41, 5.74) is 5.93. The number of hydrogen-bond acceptors (Lipinski definition) is 5. The fraction of sp³-hybridized carbons (Fsp3) is 0.533. The third-order valence-corrected chi connectivity index (χ3v) is 4.68. The Balaban J connectivity index is 0.00000192. The first-order chi connectivity index (χ1) is 10.6. The van der Waals surface area contributed by atoms with Gasteiger partial charge in [-0.25, -0.2) is 0 Å². The average molecular weight is 342 g/mol. The molecule has 0 radical (unpaired) electrons. The largest absolute Gasteiger partial charge is 0.477 e. The van der Waals surface area contributed by atoms with E-state index in [1.807, 2.05) is 0 Å². The summed E-state index contributed by atoms with van der Waals surface area (Å²) in [5, 5.41) is 10.9. The summed E-state index contributed by atoms with van der Waals surface area (Å²) in [6.07, 6.45) is 2.10. The van der Waals surface area contributed by atoms with Crippen LogP contribution in [-0.4, -0.2) is 41.5 Å². The Morgan fingerprint density at radius 3 is 2.78 bits per heavy atom. The Bertz CT molecular complexity index is 598. The molecule has 1 aliphatic carbocycles. The van der Waals surface area contributed by atoms with Gasteiger partial charge in [-0.2, -0.15) is 0 Å². The predicted octanol–water partition coefficient (Wildman–Crippen LogP) is 1.59. The number of nitro groups is 1. The molecule has 3 unspecified atom stereocenters. The molecule has 2 fully saturated rings. The zero-order valence-electron chi connectivity index (χ0n) is 12.6. The van der Waals surface area contributed by atoms with Crippen molar-refractivity contribution in [3.8, 4) is 5.75 Å². The number of carbonyl (C=O) groups is 1. The Hall–Kier alpha value is -1.86. The fourth-order valence-electron chi connectivity index (χ4n) is 3.47. The number of hydrogen-bond donors (Lipinski definition) is 1. The van der Waals surface area contributed by atoms with Crippen molar-refractivity contribution >= 4 is 24.0 Å². The van der Waals surface area contributed by atoms with Gasteiger partial charge in [0.2, 0.25) is 0 Å². The summed E-state index contributed by atoms with van der Waals surface area (Å²) < 4.78 is 5.36. The second-order valence-electron chi connectivity index (χ2n) is 5.98. The minimum atomic E-state index is -0.515. The SMILES string of the molecule is Cl.NC1CCC2CN(C(=O)COc3ccccc3[N+](=O)[O-])CC12. The van der Waals surface area contributed by atoms with Crippen LogP contribution in [0.2, 0.25) is 0 Å². The highest BCUT2D eigenvalue weighted by Crippen LogP contribution is 2.37. The number of nitrogens with zero attached hydrogens (tertiary/aromatic N) is 2. The lowest BCUT2D eigenvalue weighted by molar-refractivity contribution is -0.385. The summed E-state index contributed by atoms with van der Waals surface area (Å²) in [6, 6.07) is 6.25. The minimum absolute atomic E-state index is 0. The van der Waals surface area contributed by atoms with Gasteiger partial charge in [-0.15, -0.1) is 12.4 Å². The van der Waals surface area contributed by atoms with Crippen molar-refractivity contribution in [2.75, 3.05) is 19.7 Å². The third-order valence-electron chi connectivity index (χ3n) is 4.68. The van der Waals surface area contributed by atoms with Crippen LogP contribution in [0.3, 0.4) is 0 Å². The van der Waals surface area contributed by atoms with Crippen molar-refractivity contribution in [2.24, 2.45) is 17.6 Å². The van der Waals surface area contributed by atoms with Crippen LogP contribution in [0.1, 0.15) is 12.8 Å². The van der Waals surface area contributed by atoms with Gasteiger partial charge >= 0.3 is 5.69 Å². The minimum Gasteiger partial charge on any atom is -0.477 e. The molecule has 1 amide bonds. The highest BCUT2D eigenvalue weighted by molar-refractivity contribution is 5.85. The van der Waals surface area contributed by atoms with Gasteiger partial charge in [-0.05, 0) is 30.7 Å². The van der Waals surface area contributed by atoms with Gasteiger partial charge < -0.3 is 15.4 Å². The van der Waals surface area contributed by atoms with Crippen molar-refractivity contribution in [1.29, 1.82) is 0 Å². The number of likely N-dealkylation sites (tertiary alicyclic amines) is 1. The second kappa shape index (κ2) is 7.14. The molecule has 1 aliphatic heterocycles. The van der Waals surface area contributed by atoms with Crippen molar-refractivity contribution in [1.82, 2.24) is 4.90 Å². The van der Waals surface area contributed by atoms with Gasteiger partial charge in [0.25, 0.3) is 5.91 Å². The molecule has 1 aromatic rings. The van der Waals surface area contributed by atoms with Gasteiger partial charge in [-0.3, -0.25) is 14.9 Å². The zero-order valence-corrected chi connectivity index (χ0v) is 13.4. The number of ether oxygens (including phenoxy) is 1. The van der Waals surface area contributed by atoms with Gasteiger partial charge in [0.05, 0.1) is 4.92 Å². The van der Waals surface area contributed by atoms with Crippen LogP contribution in [0.5, 0.6) is 5.75 Å². The molecule has 1 saturated carbocycles. The lowest BCUT2D eigenvalue weighted by atomic mass is 9.98. The highest BCUT2D eigenvalue weighted by Gasteiger charge is 2.42. The van der Waals surface area contributed by atoms with E-state index in [2.05, 4.69) is 0 Å². The van der Waals surface area contributed by atoms with E-state index in [0.29, 0.717) is 18.4 Å². The van der Waals surface area contributed by atoms with E-state index < -0.39 is 4.92 Å². The molecule has 1 heterocycles. The van der Waals surface area contributed by atoms with Crippen LogP contribution in [0, 0.1) is 22.0 Å². The molecule has 3 rings (SSSR count). The maximum absolute atomic E-state index is 12.2. The monoisotopic (exact) mass is 341 g/mol. The molecule has 8 heteroatoms. The van der Waals surface area contributed by atoms with E-state index in [-0.39, 0.29) is 42.4 Å². The van der Waals surface area contributed by atoms with Gasteiger partial charge in [0.15, 0.2) is 12.4 Å². The molecule has 0 spiro atoms. The van der Waals surface area contributed by atoms with E-state index in [0.717, 1.165) is 19.4 Å². The Morgan fingerprint density at radius 2 is 2.09 bits per heavy atom. The first kappa shape index (κ1) is 17.5. The number of para-hydroxylation sites is 2. The van der Waals surface area contributed by atoms with Crippen molar-refractivity contribution in [2.45, 2.75) is 18.9 Å². The molecular weight excluding hydrogens is 322 g/mol. The van der Waals surface area contributed by atoms with Crippen molar-refractivity contribution < 1.29 is 14.5 Å². The van der Waals surface area contributed by atoms with Gasteiger partial charge in [-0.1, -0.05) is 12.1 Å². The first-order valence-corrected chi connectivity index (χ1v) is 7.46. The van der Waals surface area contributed by atoms with E-state index in [4.69, 9.17) is 10.5 Å². The molecule has 2 N–H and O–H groups in total. The Labute approximate surface area is 140 Å². The number of benzene rings is 1. The topological polar surface area (TPSA) is 98.7 Å². The molecular formula is C15H20ClN3O4. The number of halogens is 1. The Morgan fingerprint density at radius 1 is 1.35 bits per heavy atom. The van der Waals surface area contributed by atoms with Crippen LogP contribution in [0.15, 0.2) is 24.3 Å². The summed E-state index contributed by atoms with van der Waals surface area (Å²) in [5.74, 6) is 0.858. The number of nitro benzene ring substituents is 1. The predicted molar refractivity (Wildman–Crippen MR) is 86.6 cm³/mol. The third kappa shape index (κ3) is 3.56. The van der Waals surface area contributed by atoms with Crippen molar-refractivity contribution in [3.05, 3.63) is 34.4 Å². The fourth-order valence-corrected chi connectivity index (χ4v) is 3.47. The number of fused-ring (bicyclic) bond motifs is 1. The Kier molecular flexibility index (Phi) is 5.43. The lowest BCUT2D eigenvalue weighted by Gasteiger charge is -2.18. The molecule has 1 saturated heterocycles. The van der Waals surface area contributed by atoms with Crippen LogP contribution >= 0.6 is 12.4 Å². The quantitative estimate of drug-likeness (QED) is 0.662. The van der Waals surface area contributed by atoms with Gasteiger partial charge in [0.1, 0.15) is 0 Å². The average Bonchev–Trinajstić information content (AvgIpc) is 3.07. The molecule has 2 aliphatic rings. The first-order valence-electron chi connectivity index (χ1n) is 7.46. The molecule has 126 valence electrons. The smallest absolute Gasteiger partial charge is 0.310 e. The zero-order chi connectivity index (χ0) is 15.7. The highest BCUT2D eigenvalue weighted by atomic mass is 35.5. The van der Waals surface area contributed by atoms with E-state index in [1.54, 1.807) is 17.0 Å². The maximum Gasteiger partial charge on any atom is 0.310 e. The van der Waals surface area contributed by atoms with E-state index in [9.17, 15) is 14.9 Å². The molecule has 1 aromatic carbocycles. The summed E-state index contributed by atoms with van der Waals surface area (Å²) in [7, 11) is 0. The van der Waals surface area contributed by atoms with E-state index in [1.165, 1.54) is 12.1 Å². The second-order valence-corrected chi connectivity index (χ2v) is 5.98. The molecule has 0 aromatic heterocycles. The standard InChI is InChI=1S/C15H19N3O4.ClH/c16-12-6-5-10-7-17(8-11(10)12)15(19)9-22-14-4-2-1-3-13(14)18(20)21;/h1-4,10-12H,5-9,16H2;1H. The molecule has 0 bridgehead atoms. The molecule has 23 heavy (non-hydrogen) atoms. The lowest BCUT2D eigenvalue weighted by Crippen LogP contribution is -2.36. The normalized spacial score (nSPS) is 25.6. The van der Waals surface area contributed by atoms with Crippen LogP contribution in [0.25, 0.3) is 0 Å². The van der Waals surface area contributed by atoms with E-state index >= 15 is 0 Å². The number of amides is 1. The van der Waals surface area contributed by atoms with Crippen LogP contribution in [0.4, 0.5) is 5.69 Å². The summed E-state index contributed by atoms with van der Waals surface area (Å²) in [6.45, 7) is 1.21. The number of carbonyl (C=O) groups excluding carboxylic acids is 1.